The third-order valence-corrected chi connectivity index (χ3v) is 3.87. The molecule has 7 nitrogen and oxygen atoms in total. The minimum atomic E-state index is -0.649. The number of aryl methyl sites for hydroxylation is 1. The molecule has 0 atom stereocenters. The largest absolute Gasteiger partial charge is 0.490 e. The molecule has 0 saturated heterocycles. The van der Waals surface area contributed by atoms with Crippen molar-refractivity contribution in [3.63, 3.8) is 0 Å². The van der Waals surface area contributed by atoms with Gasteiger partial charge in [-0.3, -0.25) is 14.9 Å². The molecule has 0 radical (unpaired) electrons. The molecule has 0 spiro atoms. The van der Waals surface area contributed by atoms with Crippen LogP contribution in [-0.4, -0.2) is 24.0 Å². The smallest absolute Gasteiger partial charge is 0.296 e. The second kappa shape index (κ2) is 9.68. The molecule has 0 fully saturated rings. The van der Waals surface area contributed by atoms with Gasteiger partial charge < -0.3 is 14.8 Å². The van der Waals surface area contributed by atoms with E-state index in [1.165, 1.54) is 24.3 Å². The van der Waals surface area contributed by atoms with Crippen molar-refractivity contribution in [2.75, 3.05) is 18.5 Å². The first kappa shape index (κ1) is 21.1. The molecule has 150 valence electrons. The molecular weight excluding hydrogens is 367 g/mol. The van der Waals surface area contributed by atoms with Crippen LogP contribution in [0.2, 0.25) is 0 Å². The monoisotopic (exact) mass is 390 g/mol. The number of halogens is 1. The number of nitrogens with one attached hydrogen (secondary N) is 1. The zero-order valence-electron chi connectivity index (χ0n) is 16.1. The van der Waals surface area contributed by atoms with E-state index in [0.29, 0.717) is 24.5 Å². The predicted molar refractivity (Wildman–Crippen MR) is 104 cm³/mol. The summed E-state index contributed by atoms with van der Waals surface area (Å²) in [5, 5.41) is 14.0. The van der Waals surface area contributed by atoms with E-state index >= 15 is 0 Å². The predicted octanol–water partition coefficient (Wildman–Crippen LogP) is 4.87. The number of nitro benzene ring substituents is 1. The first-order chi connectivity index (χ1) is 13.4. The zero-order chi connectivity index (χ0) is 20.7. The molecule has 8 heteroatoms. The molecule has 1 N–H and O–H groups in total. The Morgan fingerprint density at radius 1 is 1.11 bits per heavy atom. The number of amides is 1. The number of rotatable bonds is 9. The first-order valence-corrected chi connectivity index (χ1v) is 9.02. The van der Waals surface area contributed by atoms with Crippen molar-refractivity contribution >= 4 is 17.3 Å². The van der Waals surface area contributed by atoms with Crippen molar-refractivity contribution in [3.05, 3.63) is 57.4 Å². The lowest BCUT2D eigenvalue weighted by Crippen LogP contribution is -2.15. The Morgan fingerprint density at radius 3 is 2.29 bits per heavy atom. The van der Waals surface area contributed by atoms with Gasteiger partial charge in [0.05, 0.1) is 24.2 Å². The van der Waals surface area contributed by atoms with Gasteiger partial charge in [0.25, 0.3) is 11.6 Å². The van der Waals surface area contributed by atoms with Crippen LogP contribution in [0.3, 0.4) is 0 Å². The van der Waals surface area contributed by atoms with Crippen LogP contribution >= 0.6 is 0 Å². The fraction of sp³-hybridized carbons (Fsp3) is 0.350. The van der Waals surface area contributed by atoms with Gasteiger partial charge in [-0.15, -0.1) is 0 Å². The lowest BCUT2D eigenvalue weighted by atomic mass is 10.1. The van der Waals surface area contributed by atoms with Crippen LogP contribution in [0.4, 0.5) is 15.8 Å². The highest BCUT2D eigenvalue weighted by molar-refractivity contribution is 6.06. The Bertz CT molecular complexity index is 870. The van der Waals surface area contributed by atoms with E-state index in [1.54, 1.807) is 6.92 Å². The summed E-state index contributed by atoms with van der Waals surface area (Å²) in [5.74, 6) is -0.682. The maximum absolute atomic E-state index is 13.5. The van der Waals surface area contributed by atoms with Crippen LogP contribution in [0.1, 0.15) is 42.6 Å². The van der Waals surface area contributed by atoms with E-state index in [2.05, 4.69) is 5.32 Å². The van der Waals surface area contributed by atoms with Crippen LogP contribution < -0.4 is 14.8 Å². The SMILES string of the molecule is CCCOc1cc(NC(=O)c2cc(F)ccc2C)c([N+](=O)[O-])cc1OCCC. The molecule has 1 amide bonds. The van der Waals surface area contributed by atoms with E-state index in [4.69, 9.17) is 9.47 Å². The maximum atomic E-state index is 13.5. The summed E-state index contributed by atoms with van der Waals surface area (Å²) in [6.07, 6.45) is 1.45. The minimum Gasteiger partial charge on any atom is -0.490 e. The van der Waals surface area contributed by atoms with Crippen molar-refractivity contribution in [2.24, 2.45) is 0 Å². The molecule has 0 aliphatic carbocycles. The zero-order valence-corrected chi connectivity index (χ0v) is 16.1. The molecule has 0 aliphatic rings. The number of hydrogen-bond acceptors (Lipinski definition) is 5. The topological polar surface area (TPSA) is 90.7 Å². The highest BCUT2D eigenvalue weighted by Gasteiger charge is 2.23. The number of hydrogen-bond donors (Lipinski definition) is 1. The second-order valence-electron chi connectivity index (χ2n) is 6.18. The molecule has 2 rings (SSSR count). The third-order valence-electron chi connectivity index (χ3n) is 3.87. The third kappa shape index (κ3) is 5.18. The van der Waals surface area contributed by atoms with Crippen LogP contribution in [0, 0.1) is 22.9 Å². The Morgan fingerprint density at radius 2 is 1.71 bits per heavy atom. The molecule has 28 heavy (non-hydrogen) atoms. The maximum Gasteiger partial charge on any atom is 0.296 e. The molecule has 0 unspecified atom stereocenters. The van der Waals surface area contributed by atoms with Crippen LogP contribution in [0.25, 0.3) is 0 Å². The average Bonchev–Trinajstić information content (AvgIpc) is 2.66. The molecule has 2 aromatic rings. The number of carbonyl (C=O) groups is 1. The van der Waals surface area contributed by atoms with Crippen LogP contribution in [0.15, 0.2) is 30.3 Å². The molecule has 0 saturated carbocycles. The van der Waals surface area contributed by atoms with E-state index in [1.807, 2.05) is 13.8 Å². The minimum absolute atomic E-state index is 0.0476. The van der Waals surface area contributed by atoms with Crippen molar-refractivity contribution in [3.8, 4) is 11.5 Å². The van der Waals surface area contributed by atoms with E-state index in [0.717, 1.165) is 18.9 Å². The second-order valence-corrected chi connectivity index (χ2v) is 6.18. The summed E-state index contributed by atoms with van der Waals surface area (Å²) in [4.78, 5) is 23.5. The average molecular weight is 390 g/mol. The van der Waals surface area contributed by atoms with Gasteiger partial charge in [-0.1, -0.05) is 19.9 Å². The van der Waals surface area contributed by atoms with Gasteiger partial charge in [-0.25, -0.2) is 4.39 Å². The normalized spacial score (nSPS) is 10.4. The summed E-state index contributed by atoms with van der Waals surface area (Å²) in [6.45, 7) is 6.25. The van der Waals surface area contributed by atoms with E-state index in [-0.39, 0.29) is 22.7 Å². The van der Waals surface area contributed by atoms with Crippen molar-refractivity contribution < 1.29 is 23.6 Å². The lowest BCUT2D eigenvalue weighted by Gasteiger charge is -2.15. The molecule has 0 bridgehead atoms. The lowest BCUT2D eigenvalue weighted by molar-refractivity contribution is -0.384. The van der Waals surface area contributed by atoms with Gasteiger partial charge >= 0.3 is 0 Å². The number of nitrogens with zero attached hydrogens (tertiary/aromatic N) is 1. The first-order valence-electron chi connectivity index (χ1n) is 9.02. The fourth-order valence-electron chi connectivity index (χ4n) is 2.48. The van der Waals surface area contributed by atoms with Crippen molar-refractivity contribution in [2.45, 2.75) is 33.6 Å². The summed E-state index contributed by atoms with van der Waals surface area (Å²) in [6, 6.07) is 6.39. The van der Waals surface area contributed by atoms with Crippen LogP contribution in [0.5, 0.6) is 11.5 Å². The molecule has 2 aromatic carbocycles. The van der Waals surface area contributed by atoms with Crippen LogP contribution in [-0.2, 0) is 0 Å². The van der Waals surface area contributed by atoms with Gasteiger partial charge in [0.1, 0.15) is 11.5 Å². The van der Waals surface area contributed by atoms with Gasteiger partial charge in [0, 0.05) is 11.6 Å². The number of anilines is 1. The van der Waals surface area contributed by atoms with Gasteiger partial charge in [-0.2, -0.15) is 0 Å². The number of carbonyl (C=O) groups excluding carboxylic acids is 1. The number of benzene rings is 2. The number of ether oxygens (including phenoxy) is 2. The molecule has 0 aliphatic heterocycles. The summed E-state index contributed by atoms with van der Waals surface area (Å²) in [5.41, 5.74) is 0.259. The van der Waals surface area contributed by atoms with Gasteiger partial charge in [-0.05, 0) is 37.5 Å². The standard InChI is InChI=1S/C20H23FN2O5/c1-4-8-27-18-11-16(17(23(25)26)12-19(18)28-9-5-2)22-20(24)15-10-14(21)7-6-13(15)3/h6-7,10-12H,4-5,8-9H2,1-3H3,(H,22,24). The van der Waals surface area contributed by atoms with Crippen molar-refractivity contribution in [1.82, 2.24) is 0 Å². The highest BCUT2D eigenvalue weighted by atomic mass is 19.1. The Hall–Kier alpha value is -3.16. The van der Waals surface area contributed by atoms with Gasteiger partial charge in [0.2, 0.25) is 0 Å². The number of nitro groups is 1. The van der Waals surface area contributed by atoms with Gasteiger partial charge in [0.15, 0.2) is 11.5 Å². The quantitative estimate of drug-likeness (QED) is 0.487. The fourth-order valence-corrected chi connectivity index (χ4v) is 2.48. The summed E-state index contributed by atoms with van der Waals surface area (Å²) in [7, 11) is 0. The molecule has 0 heterocycles. The molecular formula is C20H23FN2O5. The Balaban J connectivity index is 2.44. The van der Waals surface area contributed by atoms with E-state index < -0.39 is 16.6 Å². The summed E-state index contributed by atoms with van der Waals surface area (Å²) >= 11 is 0. The Kier molecular flexibility index (Phi) is 7.31. The Labute approximate surface area is 162 Å². The van der Waals surface area contributed by atoms with Crippen molar-refractivity contribution in [1.29, 1.82) is 0 Å². The summed E-state index contributed by atoms with van der Waals surface area (Å²) < 4.78 is 24.7. The van der Waals surface area contributed by atoms with E-state index in [9.17, 15) is 19.3 Å². The highest BCUT2D eigenvalue weighted by Crippen LogP contribution is 2.38. The molecule has 0 aromatic heterocycles.